The van der Waals surface area contributed by atoms with E-state index in [4.69, 9.17) is 0 Å². The van der Waals surface area contributed by atoms with Gasteiger partial charge in [0.25, 0.3) is 0 Å². The van der Waals surface area contributed by atoms with Crippen LogP contribution in [-0.4, -0.2) is 54.6 Å². The van der Waals surface area contributed by atoms with E-state index in [1.807, 2.05) is 11.9 Å². The first-order valence-corrected chi connectivity index (χ1v) is 6.51. The number of amides is 2. The van der Waals surface area contributed by atoms with E-state index in [2.05, 4.69) is 10.2 Å². The summed E-state index contributed by atoms with van der Waals surface area (Å²) < 4.78 is 0. The molecule has 0 aromatic carbocycles. The van der Waals surface area contributed by atoms with Gasteiger partial charge in [-0.3, -0.25) is 0 Å². The number of rotatable bonds is 2. The Morgan fingerprint density at radius 3 is 2.69 bits per heavy atom. The maximum Gasteiger partial charge on any atom is 0.320 e. The molecule has 2 atom stereocenters. The number of nitrogens with zero attached hydrogens (tertiary/aromatic N) is 2. The molecule has 3 aliphatic rings. The highest BCUT2D eigenvalue weighted by Gasteiger charge is 2.43. The summed E-state index contributed by atoms with van der Waals surface area (Å²) >= 11 is 0. The van der Waals surface area contributed by atoms with Crippen molar-refractivity contribution in [1.82, 2.24) is 15.1 Å². The maximum atomic E-state index is 12.2. The van der Waals surface area contributed by atoms with Crippen molar-refractivity contribution in [3.8, 4) is 0 Å². The average Bonchev–Trinajstić information content (AvgIpc) is 2.79. The lowest BCUT2D eigenvalue weighted by molar-refractivity contribution is 0.163. The lowest BCUT2D eigenvalue weighted by atomic mass is 9.79. The van der Waals surface area contributed by atoms with Crippen molar-refractivity contribution in [3.63, 3.8) is 0 Å². The van der Waals surface area contributed by atoms with Gasteiger partial charge in [-0.1, -0.05) is 6.42 Å². The van der Waals surface area contributed by atoms with Crippen LogP contribution in [0.25, 0.3) is 0 Å². The maximum absolute atomic E-state index is 12.2. The zero-order valence-electron chi connectivity index (χ0n) is 9.98. The summed E-state index contributed by atoms with van der Waals surface area (Å²) in [7, 11) is 1.98. The summed E-state index contributed by atoms with van der Waals surface area (Å²) in [6, 6.07) is 1.19. The van der Waals surface area contributed by atoms with Gasteiger partial charge in [-0.05, 0) is 31.7 Å². The molecule has 4 nitrogen and oxygen atoms in total. The van der Waals surface area contributed by atoms with E-state index in [1.165, 1.54) is 19.3 Å². The minimum atomic E-state index is 0.255. The lowest BCUT2D eigenvalue weighted by Gasteiger charge is -2.34. The molecule has 4 heteroatoms. The smallest absolute Gasteiger partial charge is 0.320 e. The van der Waals surface area contributed by atoms with E-state index < -0.39 is 0 Å². The van der Waals surface area contributed by atoms with Gasteiger partial charge in [-0.2, -0.15) is 0 Å². The van der Waals surface area contributed by atoms with Gasteiger partial charge in [0.15, 0.2) is 0 Å². The molecule has 2 saturated heterocycles. The molecule has 0 bridgehead atoms. The van der Waals surface area contributed by atoms with Crippen molar-refractivity contribution >= 4 is 6.03 Å². The fraction of sp³-hybridized carbons (Fsp3) is 0.917. The Kier molecular flexibility index (Phi) is 2.54. The second-order valence-electron chi connectivity index (χ2n) is 5.45. The first-order valence-electron chi connectivity index (χ1n) is 6.51. The molecule has 16 heavy (non-hydrogen) atoms. The Morgan fingerprint density at radius 1 is 1.31 bits per heavy atom. The first-order chi connectivity index (χ1) is 7.77. The summed E-state index contributed by atoms with van der Waals surface area (Å²) in [6.45, 7) is 3.01. The Bertz CT molecular complexity index is 284. The molecule has 0 radical (unpaired) electrons. The standard InChI is InChI=1S/C12H21N3O/c1-14-11(9-3-2-4-9)8-15(12(14)16)10-5-6-13-7-10/h9-11,13H,2-8H2,1H3. The van der Waals surface area contributed by atoms with E-state index in [9.17, 15) is 4.79 Å². The zero-order valence-corrected chi connectivity index (χ0v) is 9.98. The van der Waals surface area contributed by atoms with Crippen LogP contribution >= 0.6 is 0 Å². The first kappa shape index (κ1) is 10.4. The van der Waals surface area contributed by atoms with E-state index >= 15 is 0 Å². The van der Waals surface area contributed by atoms with Gasteiger partial charge in [-0.15, -0.1) is 0 Å². The van der Waals surface area contributed by atoms with Crippen LogP contribution in [0.2, 0.25) is 0 Å². The Morgan fingerprint density at radius 2 is 2.12 bits per heavy atom. The highest BCUT2D eigenvalue weighted by atomic mass is 16.2. The fourth-order valence-electron chi connectivity index (χ4n) is 3.25. The largest absolute Gasteiger partial charge is 0.323 e. The number of nitrogens with one attached hydrogen (secondary N) is 1. The van der Waals surface area contributed by atoms with Crippen molar-refractivity contribution < 1.29 is 4.79 Å². The van der Waals surface area contributed by atoms with Crippen LogP contribution in [0.4, 0.5) is 4.79 Å². The SMILES string of the molecule is CN1C(=O)N(C2CCNC2)CC1C1CCC1. The van der Waals surface area contributed by atoms with Crippen LogP contribution in [-0.2, 0) is 0 Å². The molecular formula is C12H21N3O. The molecule has 0 aromatic heterocycles. The molecule has 2 aliphatic heterocycles. The fourth-order valence-corrected chi connectivity index (χ4v) is 3.25. The van der Waals surface area contributed by atoms with Crippen LogP contribution in [0.3, 0.4) is 0 Å². The number of urea groups is 1. The normalized spacial score (nSPS) is 35.9. The number of carbonyl (C=O) groups is 1. The van der Waals surface area contributed by atoms with Crippen molar-refractivity contribution in [2.45, 2.75) is 37.8 Å². The predicted octanol–water partition coefficient (Wildman–Crippen LogP) is 0.884. The van der Waals surface area contributed by atoms with Crippen LogP contribution in [0, 0.1) is 5.92 Å². The molecular weight excluding hydrogens is 202 g/mol. The summed E-state index contributed by atoms with van der Waals surface area (Å²) in [4.78, 5) is 16.3. The average molecular weight is 223 g/mol. The third-order valence-corrected chi connectivity index (χ3v) is 4.60. The summed E-state index contributed by atoms with van der Waals surface area (Å²) in [5.74, 6) is 0.772. The Labute approximate surface area is 97.0 Å². The third-order valence-electron chi connectivity index (χ3n) is 4.60. The number of hydrogen-bond acceptors (Lipinski definition) is 2. The lowest BCUT2D eigenvalue weighted by Crippen LogP contribution is -2.39. The summed E-state index contributed by atoms with van der Waals surface area (Å²) in [5.41, 5.74) is 0. The Balaban J connectivity index is 1.69. The molecule has 1 saturated carbocycles. The van der Waals surface area contributed by atoms with Gasteiger partial charge in [0.2, 0.25) is 0 Å². The van der Waals surface area contributed by atoms with Crippen LogP contribution in [0.1, 0.15) is 25.7 Å². The molecule has 2 amide bonds. The number of hydrogen-bond donors (Lipinski definition) is 1. The van der Waals surface area contributed by atoms with Crippen LogP contribution in [0.5, 0.6) is 0 Å². The highest BCUT2D eigenvalue weighted by Crippen LogP contribution is 2.35. The van der Waals surface area contributed by atoms with Crippen molar-refractivity contribution in [3.05, 3.63) is 0 Å². The summed E-state index contributed by atoms with van der Waals surface area (Å²) in [6.07, 6.45) is 5.11. The van der Waals surface area contributed by atoms with Crippen molar-refractivity contribution in [2.24, 2.45) is 5.92 Å². The van der Waals surface area contributed by atoms with Gasteiger partial charge in [0, 0.05) is 26.2 Å². The molecule has 1 aliphatic carbocycles. The predicted molar refractivity (Wildman–Crippen MR) is 62.3 cm³/mol. The van der Waals surface area contributed by atoms with E-state index in [1.54, 1.807) is 0 Å². The van der Waals surface area contributed by atoms with E-state index in [-0.39, 0.29) is 6.03 Å². The van der Waals surface area contributed by atoms with Crippen molar-refractivity contribution in [2.75, 3.05) is 26.7 Å². The molecule has 0 aromatic rings. The molecule has 2 heterocycles. The minimum Gasteiger partial charge on any atom is -0.323 e. The third kappa shape index (κ3) is 1.51. The second kappa shape index (κ2) is 3.91. The van der Waals surface area contributed by atoms with Gasteiger partial charge >= 0.3 is 6.03 Å². The molecule has 2 unspecified atom stereocenters. The van der Waals surface area contributed by atoms with Gasteiger partial charge in [0.05, 0.1) is 6.04 Å². The minimum absolute atomic E-state index is 0.255. The molecule has 0 spiro atoms. The second-order valence-corrected chi connectivity index (χ2v) is 5.45. The van der Waals surface area contributed by atoms with Crippen molar-refractivity contribution in [1.29, 1.82) is 0 Å². The molecule has 1 N–H and O–H groups in total. The molecule has 90 valence electrons. The van der Waals surface area contributed by atoms with Gasteiger partial charge in [0.1, 0.15) is 0 Å². The summed E-state index contributed by atoms with van der Waals surface area (Å²) in [5, 5.41) is 3.34. The topological polar surface area (TPSA) is 35.6 Å². The zero-order chi connectivity index (χ0) is 11.1. The molecule has 3 rings (SSSR count). The number of likely N-dealkylation sites (N-methyl/N-ethyl adjacent to an activating group) is 1. The Hall–Kier alpha value is -0.770. The van der Waals surface area contributed by atoms with E-state index in [0.717, 1.165) is 32.0 Å². The van der Waals surface area contributed by atoms with Gasteiger partial charge < -0.3 is 15.1 Å². The van der Waals surface area contributed by atoms with Crippen LogP contribution in [0.15, 0.2) is 0 Å². The molecule has 3 fully saturated rings. The quantitative estimate of drug-likeness (QED) is 0.754. The van der Waals surface area contributed by atoms with Crippen LogP contribution < -0.4 is 5.32 Å². The van der Waals surface area contributed by atoms with E-state index in [0.29, 0.717) is 12.1 Å². The monoisotopic (exact) mass is 223 g/mol. The van der Waals surface area contributed by atoms with Gasteiger partial charge in [-0.25, -0.2) is 4.79 Å². The highest BCUT2D eigenvalue weighted by molar-refractivity contribution is 5.77. The number of carbonyl (C=O) groups excluding carboxylic acids is 1.